The van der Waals surface area contributed by atoms with Crippen molar-refractivity contribution in [3.8, 4) is 23.0 Å². The molecule has 0 aliphatic rings. The van der Waals surface area contributed by atoms with Gasteiger partial charge in [0.1, 0.15) is 4.47 Å². The largest absolute Gasteiger partial charge is 0.491 e. The second-order valence-electron chi connectivity index (χ2n) is 4.09. The summed E-state index contributed by atoms with van der Waals surface area (Å²) in [7, 11) is 0. The van der Waals surface area contributed by atoms with E-state index in [0.29, 0.717) is 17.1 Å². The topological polar surface area (TPSA) is 63.8 Å². The predicted molar refractivity (Wildman–Crippen MR) is 73.9 cm³/mol. The molecule has 3 aromatic rings. The van der Waals surface area contributed by atoms with Crippen molar-refractivity contribution in [2.45, 2.75) is 0 Å². The Kier molecular flexibility index (Phi) is 3.38. The van der Waals surface area contributed by atoms with Crippen molar-refractivity contribution in [3.05, 3.63) is 52.9 Å². The van der Waals surface area contributed by atoms with E-state index in [1.807, 2.05) is 0 Å². The molecule has 0 aliphatic carbocycles. The zero-order valence-electron chi connectivity index (χ0n) is 10.3. The van der Waals surface area contributed by atoms with E-state index in [9.17, 15) is 13.9 Å². The molecular weight excluding hydrogens is 346 g/mol. The monoisotopic (exact) mass is 352 g/mol. The summed E-state index contributed by atoms with van der Waals surface area (Å²) in [6.07, 6.45) is 4.37. The number of benzene rings is 1. The van der Waals surface area contributed by atoms with Crippen LogP contribution < -0.4 is 0 Å². The Morgan fingerprint density at radius 1 is 1.14 bits per heavy atom. The molecule has 5 nitrogen and oxygen atoms in total. The van der Waals surface area contributed by atoms with Crippen molar-refractivity contribution in [1.82, 2.24) is 19.7 Å². The molecule has 0 bridgehead atoms. The SMILES string of the molecule is Oc1nn(-c2cnccn2)c(-c2ccc(F)c(F)c2)c1Br. The van der Waals surface area contributed by atoms with Crippen molar-refractivity contribution < 1.29 is 13.9 Å². The van der Waals surface area contributed by atoms with Crippen molar-refractivity contribution in [3.63, 3.8) is 0 Å². The Morgan fingerprint density at radius 2 is 1.95 bits per heavy atom. The standard InChI is InChI=1S/C13H7BrF2N4O/c14-11-12(7-1-2-8(15)9(16)5-7)20(19-13(11)21)10-6-17-3-4-18-10/h1-6H,(H,19,21). The maximum absolute atomic E-state index is 13.4. The molecule has 0 unspecified atom stereocenters. The summed E-state index contributed by atoms with van der Waals surface area (Å²) in [6.45, 7) is 0. The number of hydrogen-bond acceptors (Lipinski definition) is 4. The van der Waals surface area contributed by atoms with Crippen LogP contribution in [0.3, 0.4) is 0 Å². The average Bonchev–Trinajstić information content (AvgIpc) is 2.79. The Bertz CT molecular complexity index is 807. The lowest BCUT2D eigenvalue weighted by atomic mass is 10.1. The molecule has 0 atom stereocenters. The Morgan fingerprint density at radius 3 is 2.62 bits per heavy atom. The molecule has 1 N–H and O–H groups in total. The summed E-state index contributed by atoms with van der Waals surface area (Å²) in [5.74, 6) is -1.91. The van der Waals surface area contributed by atoms with Crippen molar-refractivity contribution in [2.24, 2.45) is 0 Å². The molecule has 0 fully saturated rings. The number of aromatic nitrogens is 4. The minimum Gasteiger partial charge on any atom is -0.491 e. The van der Waals surface area contributed by atoms with Gasteiger partial charge in [-0.05, 0) is 34.1 Å². The van der Waals surface area contributed by atoms with Crippen LogP contribution in [0.4, 0.5) is 8.78 Å². The van der Waals surface area contributed by atoms with Gasteiger partial charge in [0.05, 0.1) is 11.9 Å². The maximum atomic E-state index is 13.4. The first kappa shape index (κ1) is 13.6. The Balaban J connectivity index is 2.24. The van der Waals surface area contributed by atoms with E-state index in [1.54, 1.807) is 0 Å². The molecule has 106 valence electrons. The lowest BCUT2D eigenvalue weighted by molar-refractivity contribution is 0.444. The van der Waals surface area contributed by atoms with Crippen LogP contribution in [0.2, 0.25) is 0 Å². The lowest BCUT2D eigenvalue weighted by Gasteiger charge is -2.07. The van der Waals surface area contributed by atoms with Crippen LogP contribution >= 0.6 is 15.9 Å². The van der Waals surface area contributed by atoms with Gasteiger partial charge in [-0.1, -0.05) is 0 Å². The first-order valence-electron chi connectivity index (χ1n) is 5.77. The number of hydrogen-bond donors (Lipinski definition) is 1. The lowest BCUT2D eigenvalue weighted by Crippen LogP contribution is -2.02. The van der Waals surface area contributed by atoms with Crippen molar-refractivity contribution in [2.75, 3.05) is 0 Å². The van der Waals surface area contributed by atoms with Crippen LogP contribution in [0.1, 0.15) is 0 Å². The fourth-order valence-corrected chi connectivity index (χ4v) is 2.32. The molecule has 0 saturated heterocycles. The van der Waals surface area contributed by atoms with Crippen LogP contribution in [-0.2, 0) is 0 Å². The number of halogens is 3. The summed E-state index contributed by atoms with van der Waals surface area (Å²) in [5, 5.41) is 13.7. The fraction of sp³-hybridized carbons (Fsp3) is 0. The zero-order chi connectivity index (χ0) is 15.0. The highest BCUT2D eigenvalue weighted by molar-refractivity contribution is 9.10. The summed E-state index contributed by atoms with van der Waals surface area (Å²) in [6, 6.07) is 3.40. The minimum absolute atomic E-state index is 0.249. The molecule has 0 saturated carbocycles. The van der Waals surface area contributed by atoms with Crippen LogP contribution in [0.25, 0.3) is 17.1 Å². The molecule has 0 aliphatic heterocycles. The first-order chi connectivity index (χ1) is 10.1. The molecule has 21 heavy (non-hydrogen) atoms. The van der Waals surface area contributed by atoms with Crippen LogP contribution in [-0.4, -0.2) is 24.9 Å². The van der Waals surface area contributed by atoms with Gasteiger partial charge in [0.15, 0.2) is 17.5 Å². The highest BCUT2D eigenvalue weighted by atomic mass is 79.9. The van der Waals surface area contributed by atoms with Gasteiger partial charge in [-0.15, -0.1) is 5.10 Å². The smallest absolute Gasteiger partial charge is 0.246 e. The van der Waals surface area contributed by atoms with E-state index in [4.69, 9.17) is 0 Å². The van der Waals surface area contributed by atoms with E-state index in [2.05, 4.69) is 31.0 Å². The summed E-state index contributed by atoms with van der Waals surface area (Å²) in [4.78, 5) is 7.98. The fourth-order valence-electron chi connectivity index (χ4n) is 1.85. The molecule has 2 aromatic heterocycles. The van der Waals surface area contributed by atoms with Gasteiger partial charge in [0.2, 0.25) is 5.88 Å². The van der Waals surface area contributed by atoms with E-state index >= 15 is 0 Å². The molecule has 2 heterocycles. The number of nitrogens with zero attached hydrogens (tertiary/aromatic N) is 4. The van der Waals surface area contributed by atoms with Gasteiger partial charge in [0.25, 0.3) is 0 Å². The van der Waals surface area contributed by atoms with Crippen molar-refractivity contribution >= 4 is 15.9 Å². The molecule has 8 heteroatoms. The minimum atomic E-state index is -0.995. The van der Waals surface area contributed by atoms with E-state index in [-0.39, 0.29) is 10.4 Å². The van der Waals surface area contributed by atoms with Crippen LogP contribution in [0.5, 0.6) is 5.88 Å². The summed E-state index contributed by atoms with van der Waals surface area (Å²) < 4.78 is 28.0. The molecule has 0 radical (unpaired) electrons. The third-order valence-corrected chi connectivity index (χ3v) is 3.50. The molecule has 3 rings (SSSR count). The third kappa shape index (κ3) is 2.38. The summed E-state index contributed by atoms with van der Waals surface area (Å²) >= 11 is 3.18. The second kappa shape index (κ2) is 5.21. The third-order valence-electron chi connectivity index (χ3n) is 2.77. The quantitative estimate of drug-likeness (QED) is 0.769. The van der Waals surface area contributed by atoms with Gasteiger partial charge in [0, 0.05) is 18.0 Å². The Hall–Kier alpha value is -2.35. The van der Waals surface area contributed by atoms with Crippen molar-refractivity contribution in [1.29, 1.82) is 0 Å². The van der Waals surface area contributed by atoms with Gasteiger partial charge in [-0.25, -0.2) is 18.4 Å². The van der Waals surface area contributed by atoms with Gasteiger partial charge >= 0.3 is 0 Å². The van der Waals surface area contributed by atoms with E-state index in [1.165, 1.54) is 29.3 Å². The highest BCUT2D eigenvalue weighted by Crippen LogP contribution is 2.36. The molecule has 0 spiro atoms. The molecule has 1 aromatic carbocycles. The first-order valence-corrected chi connectivity index (χ1v) is 6.56. The number of aromatic hydroxyl groups is 1. The highest BCUT2D eigenvalue weighted by Gasteiger charge is 2.20. The van der Waals surface area contributed by atoms with Gasteiger partial charge < -0.3 is 5.11 Å². The predicted octanol–water partition coefficient (Wildman–Crippen LogP) is 3.08. The second-order valence-corrected chi connectivity index (χ2v) is 4.88. The van der Waals surface area contributed by atoms with Gasteiger partial charge in [-0.3, -0.25) is 4.98 Å². The summed E-state index contributed by atoms with van der Waals surface area (Å²) in [5.41, 5.74) is 0.672. The van der Waals surface area contributed by atoms with E-state index in [0.717, 1.165) is 12.1 Å². The molecule has 0 amide bonds. The Labute approximate surface area is 126 Å². The zero-order valence-corrected chi connectivity index (χ0v) is 11.9. The van der Waals surface area contributed by atoms with Crippen LogP contribution in [0.15, 0.2) is 41.3 Å². The van der Waals surface area contributed by atoms with E-state index < -0.39 is 11.6 Å². The average molecular weight is 353 g/mol. The van der Waals surface area contributed by atoms with Crippen LogP contribution in [0, 0.1) is 11.6 Å². The normalized spacial score (nSPS) is 10.8. The number of rotatable bonds is 2. The van der Waals surface area contributed by atoms with Gasteiger partial charge in [-0.2, -0.15) is 0 Å². The maximum Gasteiger partial charge on any atom is 0.246 e. The molecular formula is C13H7BrF2N4O.